The average Bonchev–Trinajstić information content (AvgIpc) is 3.57. The zero-order valence-electron chi connectivity index (χ0n) is 27.6. The number of fused-ring (bicyclic) bond motifs is 3. The third-order valence-electron chi connectivity index (χ3n) is 9.71. The van der Waals surface area contributed by atoms with Crippen molar-refractivity contribution in [3.05, 3.63) is 87.5 Å². The summed E-state index contributed by atoms with van der Waals surface area (Å²) in [4.78, 5) is 42.9. The molecule has 276 valence electrons. The molecule has 3 heterocycles. The Balaban J connectivity index is 1.38. The number of nitrogens with zero attached hydrogens (tertiary/aromatic N) is 1. The van der Waals surface area contributed by atoms with Gasteiger partial charge in [-0.1, -0.05) is 24.3 Å². The summed E-state index contributed by atoms with van der Waals surface area (Å²) in [6.45, 7) is -1.70. The van der Waals surface area contributed by atoms with E-state index >= 15 is 0 Å². The van der Waals surface area contributed by atoms with Gasteiger partial charge in [-0.3, -0.25) is 30.8 Å². The lowest BCUT2D eigenvalue weighted by Gasteiger charge is -2.40. The standard InChI is InChI=1S/C35H39N5O12/c36-35-38-32-24(33(49)39-35)37-14-40(32)21-4-2-1-3-16(21)10-17-11-20-23(26(45)19-9-15(12-42)5-6-18(19)25(20)44)31(50-8-7-41)30(17)52-34-29(48)28(47)27(46)22(13-43)51-34/h1-6,9,11,22,24,27-29,32,34-35,37-38,41-43,46-48H,7-8,10,12-14,36H2,(H,39,49)/t22-,24-,27-,28+,29-,32+,34+,35+/m0/s1. The van der Waals surface area contributed by atoms with Gasteiger partial charge in [-0.05, 0) is 35.4 Å². The second kappa shape index (κ2) is 14.5. The van der Waals surface area contributed by atoms with Gasteiger partial charge in [0.1, 0.15) is 49.5 Å². The highest BCUT2D eigenvalue weighted by Crippen LogP contribution is 2.45. The third kappa shape index (κ3) is 6.20. The van der Waals surface area contributed by atoms with E-state index < -0.39 is 74.0 Å². The monoisotopic (exact) mass is 721 g/mol. The summed E-state index contributed by atoms with van der Waals surface area (Å²) in [5.41, 5.74) is 7.91. The number of hydrogen-bond acceptors (Lipinski definition) is 16. The average molecular weight is 722 g/mol. The lowest BCUT2D eigenvalue weighted by molar-refractivity contribution is -0.277. The van der Waals surface area contributed by atoms with Crippen molar-refractivity contribution in [2.45, 2.75) is 62.2 Å². The van der Waals surface area contributed by atoms with E-state index in [0.717, 1.165) is 0 Å². The Morgan fingerprint density at radius 1 is 0.885 bits per heavy atom. The van der Waals surface area contributed by atoms with E-state index in [4.69, 9.17) is 19.9 Å². The van der Waals surface area contributed by atoms with Crippen molar-refractivity contribution in [2.75, 3.05) is 31.4 Å². The lowest BCUT2D eigenvalue weighted by Crippen LogP contribution is -2.70. The molecule has 0 radical (unpaired) electrons. The van der Waals surface area contributed by atoms with Crippen LogP contribution in [0.25, 0.3) is 0 Å². The molecule has 8 atom stereocenters. The molecular weight excluding hydrogens is 682 g/mol. The van der Waals surface area contributed by atoms with Crippen molar-refractivity contribution in [3.63, 3.8) is 0 Å². The van der Waals surface area contributed by atoms with Crippen LogP contribution in [0.2, 0.25) is 0 Å². The second-order valence-corrected chi connectivity index (χ2v) is 12.9. The summed E-state index contributed by atoms with van der Waals surface area (Å²) in [7, 11) is 0. The molecule has 3 aromatic rings. The van der Waals surface area contributed by atoms with Crippen LogP contribution in [0.5, 0.6) is 11.5 Å². The van der Waals surface area contributed by atoms with Crippen LogP contribution in [0, 0.1) is 0 Å². The van der Waals surface area contributed by atoms with Crippen molar-refractivity contribution in [1.82, 2.24) is 16.0 Å². The van der Waals surface area contributed by atoms with E-state index in [1.54, 1.807) is 6.07 Å². The van der Waals surface area contributed by atoms with Crippen LogP contribution in [0.4, 0.5) is 5.69 Å². The lowest BCUT2D eigenvalue weighted by atomic mass is 9.81. The van der Waals surface area contributed by atoms with Crippen LogP contribution in [-0.4, -0.2) is 124 Å². The number of carbonyl (C=O) groups excluding carboxylic acids is 3. The third-order valence-corrected chi connectivity index (χ3v) is 9.71. The van der Waals surface area contributed by atoms with Crippen molar-refractivity contribution in [3.8, 4) is 11.5 Å². The largest absolute Gasteiger partial charge is 0.486 e. The molecule has 0 bridgehead atoms. The topological polar surface area (TPSA) is 266 Å². The van der Waals surface area contributed by atoms with E-state index in [2.05, 4.69) is 16.0 Å². The normalized spacial score (nSPS) is 28.2. The van der Waals surface area contributed by atoms with Gasteiger partial charge in [0.05, 0.1) is 32.1 Å². The Hall–Kier alpha value is -4.53. The first-order chi connectivity index (χ1) is 25.1. The van der Waals surface area contributed by atoms with Gasteiger partial charge >= 0.3 is 0 Å². The van der Waals surface area contributed by atoms with Crippen LogP contribution in [0.3, 0.4) is 0 Å². The number of para-hydroxylation sites is 1. The fourth-order valence-electron chi connectivity index (χ4n) is 7.14. The number of amides is 1. The van der Waals surface area contributed by atoms with Crippen LogP contribution >= 0.6 is 0 Å². The number of aliphatic hydroxyl groups is 6. The van der Waals surface area contributed by atoms with Gasteiger partial charge in [0.25, 0.3) is 0 Å². The van der Waals surface area contributed by atoms with Gasteiger partial charge in [0, 0.05) is 34.4 Å². The molecule has 17 nitrogen and oxygen atoms in total. The van der Waals surface area contributed by atoms with E-state index in [-0.39, 0.29) is 71.5 Å². The van der Waals surface area contributed by atoms with E-state index in [0.29, 0.717) is 16.8 Å². The van der Waals surface area contributed by atoms with Gasteiger partial charge in [0.2, 0.25) is 12.2 Å². The summed E-state index contributed by atoms with van der Waals surface area (Å²) in [5.74, 6) is -1.86. The molecular formula is C35H39N5O12. The smallest absolute Gasteiger partial charge is 0.242 e. The number of nitrogens with two attached hydrogens (primary N) is 1. The Morgan fingerprint density at radius 3 is 2.42 bits per heavy atom. The molecule has 3 fully saturated rings. The maximum Gasteiger partial charge on any atom is 0.242 e. The summed E-state index contributed by atoms with van der Waals surface area (Å²) in [6.07, 6.45) is -9.68. The molecule has 4 aliphatic rings. The van der Waals surface area contributed by atoms with E-state index in [1.807, 2.05) is 23.1 Å². The van der Waals surface area contributed by atoms with Gasteiger partial charge in [-0.25, -0.2) is 0 Å². The first-order valence-corrected chi connectivity index (χ1v) is 16.7. The van der Waals surface area contributed by atoms with Crippen molar-refractivity contribution >= 4 is 23.2 Å². The maximum absolute atomic E-state index is 14.2. The van der Waals surface area contributed by atoms with Gasteiger partial charge < -0.3 is 55.1 Å². The molecule has 0 aromatic heterocycles. The minimum Gasteiger partial charge on any atom is -0.486 e. The van der Waals surface area contributed by atoms with Crippen LogP contribution in [-0.2, 0) is 22.6 Å². The zero-order chi connectivity index (χ0) is 36.8. The summed E-state index contributed by atoms with van der Waals surface area (Å²) in [6, 6.07) is 12.5. The minimum atomic E-state index is -1.84. The van der Waals surface area contributed by atoms with E-state index in [9.17, 15) is 45.0 Å². The molecule has 52 heavy (non-hydrogen) atoms. The number of carbonyl (C=O) groups is 3. The van der Waals surface area contributed by atoms with Crippen molar-refractivity contribution in [2.24, 2.45) is 5.73 Å². The number of rotatable bonds is 10. The predicted octanol–water partition coefficient (Wildman–Crippen LogP) is -2.88. The Morgan fingerprint density at radius 2 is 1.67 bits per heavy atom. The number of ketones is 2. The fraction of sp³-hybridized carbons (Fsp3) is 0.400. The summed E-state index contributed by atoms with van der Waals surface area (Å²) >= 11 is 0. The molecule has 3 aromatic carbocycles. The molecule has 1 amide bonds. The summed E-state index contributed by atoms with van der Waals surface area (Å²) in [5, 5.41) is 70.4. The number of ether oxygens (including phenoxy) is 3. The quantitative estimate of drug-likeness (QED) is 0.0788. The Kier molecular flexibility index (Phi) is 9.98. The second-order valence-electron chi connectivity index (χ2n) is 12.9. The fourth-order valence-corrected chi connectivity index (χ4v) is 7.14. The Bertz CT molecular complexity index is 1890. The van der Waals surface area contributed by atoms with E-state index in [1.165, 1.54) is 24.3 Å². The SMILES string of the molecule is N[C@H]1NC(=O)[C@H]2NCN(c3ccccc3Cc3cc4c(c(OCCO)c3O[C@H]3O[C@@H](CO)[C@H](O)[C@@H](O)[C@@H]3O)C(=O)c3cc(CO)ccc3C4=O)[C@H]2N1. The highest BCUT2D eigenvalue weighted by molar-refractivity contribution is 6.29. The molecule has 0 spiro atoms. The van der Waals surface area contributed by atoms with Gasteiger partial charge in [0.15, 0.2) is 23.1 Å². The molecule has 11 N–H and O–H groups in total. The molecule has 7 rings (SSSR count). The highest BCUT2D eigenvalue weighted by atomic mass is 16.7. The Labute approximate surface area is 296 Å². The molecule has 3 saturated heterocycles. The first kappa shape index (κ1) is 35.9. The molecule has 17 heteroatoms. The molecule has 1 aliphatic carbocycles. The number of anilines is 1. The van der Waals surface area contributed by atoms with Crippen LogP contribution in [0.15, 0.2) is 48.5 Å². The number of hydrogen-bond donors (Lipinski definition) is 10. The number of nitrogens with one attached hydrogen (secondary N) is 3. The molecule has 3 aliphatic heterocycles. The summed E-state index contributed by atoms with van der Waals surface area (Å²) < 4.78 is 17.9. The highest BCUT2D eigenvalue weighted by Gasteiger charge is 2.47. The number of benzene rings is 3. The maximum atomic E-state index is 14.2. The number of aliphatic hydroxyl groups excluding tert-OH is 6. The molecule has 0 saturated carbocycles. The van der Waals surface area contributed by atoms with Crippen LogP contribution < -0.4 is 36.1 Å². The zero-order valence-corrected chi connectivity index (χ0v) is 27.6. The van der Waals surface area contributed by atoms with Crippen LogP contribution in [0.1, 0.15) is 48.5 Å². The van der Waals surface area contributed by atoms with Crippen molar-refractivity contribution < 1.29 is 59.2 Å². The molecule has 0 unspecified atom stereocenters. The van der Waals surface area contributed by atoms with Gasteiger partial charge in [-0.15, -0.1) is 0 Å². The van der Waals surface area contributed by atoms with Gasteiger partial charge in [-0.2, -0.15) is 0 Å². The minimum absolute atomic E-state index is 0.00750. The van der Waals surface area contributed by atoms with Crippen molar-refractivity contribution in [1.29, 1.82) is 0 Å². The first-order valence-electron chi connectivity index (χ1n) is 16.7. The predicted molar refractivity (Wildman–Crippen MR) is 179 cm³/mol.